The van der Waals surface area contributed by atoms with E-state index in [0.29, 0.717) is 11.5 Å². The second kappa shape index (κ2) is 3.47. The summed E-state index contributed by atoms with van der Waals surface area (Å²) in [5.41, 5.74) is 2.45. The Morgan fingerprint density at radius 1 is 1.53 bits per heavy atom. The first-order valence-corrected chi connectivity index (χ1v) is 6.63. The van der Waals surface area contributed by atoms with E-state index in [2.05, 4.69) is 26.5 Å². The predicted molar refractivity (Wildman–Crippen MR) is 66.3 cm³/mol. The molecule has 3 aliphatic rings. The van der Waals surface area contributed by atoms with Crippen molar-refractivity contribution in [3.05, 3.63) is 23.8 Å². The van der Waals surface area contributed by atoms with Gasteiger partial charge in [-0.15, -0.1) is 0 Å². The second-order valence-electron chi connectivity index (χ2n) is 6.17. The number of carbonyl (C=O) groups is 1. The molecule has 2 aliphatic carbocycles. The minimum Gasteiger partial charge on any atom is -0.458 e. The van der Waals surface area contributed by atoms with Crippen LogP contribution in [-0.4, -0.2) is 12.1 Å². The van der Waals surface area contributed by atoms with Gasteiger partial charge in [-0.2, -0.15) is 0 Å². The molecule has 1 saturated carbocycles. The Bertz CT molecular complexity index is 421. The number of carbonyl (C=O) groups excluding carboxylic acids is 1. The van der Waals surface area contributed by atoms with Gasteiger partial charge in [0.2, 0.25) is 0 Å². The lowest BCUT2D eigenvalue weighted by Crippen LogP contribution is -2.38. The minimum absolute atomic E-state index is 0.0500. The van der Waals surface area contributed by atoms with E-state index < -0.39 is 0 Å². The molecule has 2 nitrogen and oxygen atoms in total. The fourth-order valence-corrected chi connectivity index (χ4v) is 3.94. The molecule has 0 unspecified atom stereocenters. The van der Waals surface area contributed by atoms with Crippen LogP contribution in [-0.2, 0) is 9.53 Å². The summed E-state index contributed by atoms with van der Waals surface area (Å²) in [5, 5.41) is 0. The van der Waals surface area contributed by atoms with Crippen molar-refractivity contribution in [2.75, 3.05) is 0 Å². The fraction of sp³-hybridized carbons (Fsp3) is 0.667. The zero-order valence-corrected chi connectivity index (χ0v) is 10.7. The lowest BCUT2D eigenvalue weighted by Gasteiger charge is -2.45. The summed E-state index contributed by atoms with van der Waals surface area (Å²) in [6.45, 7) is 8.53. The van der Waals surface area contributed by atoms with Crippen molar-refractivity contribution < 1.29 is 9.53 Å². The van der Waals surface area contributed by atoms with Gasteiger partial charge in [-0.05, 0) is 30.6 Å². The van der Waals surface area contributed by atoms with Gasteiger partial charge >= 0.3 is 5.97 Å². The average molecular weight is 232 g/mol. The zero-order valence-electron chi connectivity index (χ0n) is 10.7. The molecule has 17 heavy (non-hydrogen) atoms. The third-order valence-electron chi connectivity index (χ3n) is 4.93. The summed E-state index contributed by atoms with van der Waals surface area (Å²) in [6, 6.07) is 0. The van der Waals surface area contributed by atoms with Gasteiger partial charge in [-0.25, -0.2) is 4.79 Å². The van der Waals surface area contributed by atoms with Crippen molar-refractivity contribution in [3.8, 4) is 0 Å². The summed E-state index contributed by atoms with van der Waals surface area (Å²) in [6.07, 6.45) is 7.13. The maximum atomic E-state index is 11.6. The molecule has 0 aromatic heterocycles. The molecular weight excluding hydrogens is 212 g/mol. The Kier molecular flexibility index (Phi) is 2.26. The molecule has 1 aliphatic heterocycles. The van der Waals surface area contributed by atoms with E-state index in [-0.39, 0.29) is 23.4 Å². The molecule has 0 bridgehead atoms. The average Bonchev–Trinajstić information content (AvgIpc) is 2.52. The zero-order chi connectivity index (χ0) is 12.2. The molecule has 0 aromatic rings. The molecule has 0 amide bonds. The van der Waals surface area contributed by atoms with Crippen LogP contribution in [0.25, 0.3) is 0 Å². The standard InChI is InChI=1S/C15H20O2/c1-9-5-4-6-15(3)8-13-11(7-12(9)15)10(2)14(16)17-13/h7,9,11,13H,2,4-6,8H2,1,3H3/t9-,11+,13-,15-/m1/s1. The van der Waals surface area contributed by atoms with Gasteiger partial charge in [0, 0.05) is 11.5 Å². The lowest BCUT2D eigenvalue weighted by molar-refractivity contribution is -0.140. The lowest BCUT2D eigenvalue weighted by atomic mass is 9.60. The third-order valence-corrected chi connectivity index (χ3v) is 4.93. The normalized spacial score (nSPS) is 44.8. The molecule has 3 rings (SSSR count). The fourth-order valence-electron chi connectivity index (χ4n) is 3.94. The maximum absolute atomic E-state index is 11.6. The maximum Gasteiger partial charge on any atom is 0.334 e. The smallest absolute Gasteiger partial charge is 0.334 e. The van der Waals surface area contributed by atoms with Gasteiger partial charge in [-0.3, -0.25) is 0 Å². The number of esters is 1. The van der Waals surface area contributed by atoms with Crippen LogP contribution >= 0.6 is 0 Å². The van der Waals surface area contributed by atoms with E-state index in [1.165, 1.54) is 19.3 Å². The van der Waals surface area contributed by atoms with E-state index >= 15 is 0 Å². The number of rotatable bonds is 0. The molecule has 0 spiro atoms. The molecule has 2 heteroatoms. The van der Waals surface area contributed by atoms with Gasteiger partial charge in [0.25, 0.3) is 0 Å². The molecule has 0 aromatic carbocycles. The van der Waals surface area contributed by atoms with Crippen molar-refractivity contribution >= 4 is 5.97 Å². The Hall–Kier alpha value is -1.05. The van der Waals surface area contributed by atoms with E-state index in [0.717, 1.165) is 6.42 Å². The first kappa shape index (κ1) is 11.1. The molecular formula is C15H20O2. The summed E-state index contributed by atoms with van der Waals surface area (Å²) < 4.78 is 5.44. The monoisotopic (exact) mass is 232 g/mol. The molecule has 0 N–H and O–H groups in total. The van der Waals surface area contributed by atoms with Gasteiger partial charge in [0.15, 0.2) is 0 Å². The summed E-state index contributed by atoms with van der Waals surface area (Å²) in [4.78, 5) is 11.6. The topological polar surface area (TPSA) is 26.3 Å². The molecule has 2 fully saturated rings. The predicted octanol–water partition coefficient (Wildman–Crippen LogP) is 3.24. The Morgan fingerprint density at radius 3 is 3.06 bits per heavy atom. The first-order valence-electron chi connectivity index (χ1n) is 6.63. The Morgan fingerprint density at radius 2 is 2.29 bits per heavy atom. The van der Waals surface area contributed by atoms with Crippen LogP contribution in [0.15, 0.2) is 23.8 Å². The highest BCUT2D eigenvalue weighted by Gasteiger charge is 2.48. The van der Waals surface area contributed by atoms with E-state index in [4.69, 9.17) is 4.74 Å². The van der Waals surface area contributed by atoms with Crippen molar-refractivity contribution in [2.45, 2.75) is 45.6 Å². The van der Waals surface area contributed by atoms with E-state index in [1.807, 2.05) is 0 Å². The van der Waals surface area contributed by atoms with E-state index in [9.17, 15) is 4.79 Å². The molecule has 92 valence electrons. The molecule has 1 heterocycles. The third kappa shape index (κ3) is 1.50. The molecule has 4 atom stereocenters. The van der Waals surface area contributed by atoms with Crippen LogP contribution in [0.1, 0.15) is 39.5 Å². The second-order valence-corrected chi connectivity index (χ2v) is 6.17. The van der Waals surface area contributed by atoms with Crippen LogP contribution in [0.4, 0.5) is 0 Å². The summed E-state index contributed by atoms with van der Waals surface area (Å²) in [5.74, 6) is 0.607. The van der Waals surface area contributed by atoms with E-state index in [1.54, 1.807) is 5.57 Å². The van der Waals surface area contributed by atoms with Crippen LogP contribution < -0.4 is 0 Å². The molecule has 1 saturated heterocycles. The van der Waals surface area contributed by atoms with Gasteiger partial charge in [0.05, 0.1) is 0 Å². The number of ether oxygens (including phenoxy) is 1. The molecule has 0 radical (unpaired) electrons. The summed E-state index contributed by atoms with van der Waals surface area (Å²) >= 11 is 0. The van der Waals surface area contributed by atoms with Crippen molar-refractivity contribution in [1.29, 1.82) is 0 Å². The van der Waals surface area contributed by atoms with Gasteiger partial charge in [-0.1, -0.05) is 38.5 Å². The van der Waals surface area contributed by atoms with Gasteiger partial charge < -0.3 is 4.74 Å². The largest absolute Gasteiger partial charge is 0.458 e. The van der Waals surface area contributed by atoms with Crippen LogP contribution in [0.3, 0.4) is 0 Å². The Labute approximate surface area is 103 Å². The van der Waals surface area contributed by atoms with Crippen molar-refractivity contribution in [2.24, 2.45) is 17.3 Å². The first-order chi connectivity index (χ1) is 8.01. The highest BCUT2D eigenvalue weighted by molar-refractivity contribution is 5.91. The highest BCUT2D eigenvalue weighted by Crippen LogP contribution is 2.53. The number of hydrogen-bond acceptors (Lipinski definition) is 2. The SMILES string of the molecule is C=C1C(=O)O[C@@H]2C[C@@]3(C)CCC[C@@H](C)C3=C[C@@H]12. The highest BCUT2D eigenvalue weighted by atomic mass is 16.6. The van der Waals surface area contributed by atoms with Crippen molar-refractivity contribution in [3.63, 3.8) is 0 Å². The summed E-state index contributed by atoms with van der Waals surface area (Å²) in [7, 11) is 0. The quantitative estimate of drug-likeness (QED) is 0.364. The van der Waals surface area contributed by atoms with Crippen LogP contribution in [0.2, 0.25) is 0 Å². The Balaban J connectivity index is 2.01. The number of fused-ring (bicyclic) bond motifs is 2. The van der Waals surface area contributed by atoms with Gasteiger partial charge in [0.1, 0.15) is 6.10 Å². The van der Waals surface area contributed by atoms with Crippen molar-refractivity contribution in [1.82, 2.24) is 0 Å². The van der Waals surface area contributed by atoms with Crippen LogP contribution in [0.5, 0.6) is 0 Å². The number of allylic oxidation sites excluding steroid dienone is 1. The van der Waals surface area contributed by atoms with Crippen LogP contribution in [0, 0.1) is 17.3 Å². The number of hydrogen-bond donors (Lipinski definition) is 0. The minimum atomic E-state index is -0.188.